The summed E-state index contributed by atoms with van der Waals surface area (Å²) >= 11 is 0. The normalized spacial score (nSPS) is 12.1. The van der Waals surface area contributed by atoms with Gasteiger partial charge in [0, 0.05) is 14.1 Å². The zero-order chi connectivity index (χ0) is 21.6. The van der Waals surface area contributed by atoms with E-state index in [4.69, 9.17) is 41.9 Å². The molecule has 0 radical (unpaired) electrons. The van der Waals surface area contributed by atoms with E-state index < -0.39 is 50.6 Å². The van der Waals surface area contributed by atoms with E-state index in [2.05, 4.69) is 0 Å². The Balaban J connectivity index is -0.000000120. The van der Waals surface area contributed by atoms with Gasteiger partial charge in [-0.2, -0.15) is 0 Å². The van der Waals surface area contributed by atoms with Gasteiger partial charge in [-0.25, -0.2) is 0 Å². The SMILES string of the molecule is CN(C(=N)N)C(C(=O)[O-])P(=O)(O)O.CN(C(=N)N)C(C(=O)[O-])P(=O)(O)O.O.[Na+].[Na+]. The van der Waals surface area contributed by atoms with Crippen molar-refractivity contribution in [3.63, 3.8) is 0 Å². The zero-order valence-electron chi connectivity index (χ0n) is 15.8. The smallest absolute Gasteiger partial charge is 0.547 e. The third kappa shape index (κ3) is 14.4. The molecule has 0 aliphatic rings. The summed E-state index contributed by atoms with van der Waals surface area (Å²) in [6.45, 7) is 0. The predicted octanol–water partition coefficient (Wildman–Crippen LogP) is -12.7. The Morgan fingerprint density at radius 3 is 1.03 bits per heavy atom. The fourth-order valence-electron chi connectivity index (χ4n) is 1.31. The number of carboxylic acid groups (broad SMARTS) is 2. The second-order valence-electron chi connectivity index (χ2n) is 4.56. The fraction of sp³-hybridized carbons (Fsp3) is 0.500. The van der Waals surface area contributed by atoms with Gasteiger partial charge in [-0.05, 0) is 0 Å². The summed E-state index contributed by atoms with van der Waals surface area (Å²) in [5.74, 6) is -9.93. The molecule has 0 aromatic carbocycles. The van der Waals surface area contributed by atoms with Crippen LogP contribution in [0.5, 0.6) is 0 Å². The van der Waals surface area contributed by atoms with Gasteiger partial charge in [0.25, 0.3) is 0 Å². The Hall–Kier alpha value is -0.260. The predicted molar refractivity (Wildman–Crippen MR) is 84.6 cm³/mol. The van der Waals surface area contributed by atoms with Gasteiger partial charge in [0.05, 0.1) is 11.9 Å². The summed E-state index contributed by atoms with van der Waals surface area (Å²) in [6.07, 6.45) is 0. The topological polar surface area (TPSA) is 333 Å². The first-order valence-electron chi connectivity index (χ1n) is 6.01. The fourth-order valence-corrected chi connectivity index (χ4v) is 3.01. The van der Waals surface area contributed by atoms with Crippen LogP contribution in [0, 0.1) is 10.8 Å². The molecular formula is C8H20N6Na2O11P2. The molecule has 0 saturated carbocycles. The largest absolute Gasteiger partial charge is 1.00 e. The van der Waals surface area contributed by atoms with Crippen molar-refractivity contribution >= 4 is 39.0 Å². The van der Waals surface area contributed by atoms with E-state index in [1.54, 1.807) is 0 Å². The third-order valence-electron chi connectivity index (χ3n) is 2.55. The number of nitrogens with zero attached hydrogens (tertiary/aromatic N) is 2. The van der Waals surface area contributed by atoms with Crippen LogP contribution in [0.1, 0.15) is 0 Å². The van der Waals surface area contributed by atoms with Crippen molar-refractivity contribution in [3.05, 3.63) is 0 Å². The molecule has 160 valence electrons. The van der Waals surface area contributed by atoms with Gasteiger partial charge < -0.3 is 66.1 Å². The van der Waals surface area contributed by atoms with E-state index in [1.165, 1.54) is 0 Å². The second-order valence-corrected chi connectivity index (χ2v) is 7.89. The molecule has 0 aliphatic carbocycles. The second kappa shape index (κ2) is 15.5. The molecule has 0 bridgehead atoms. The number of aliphatic carboxylic acids is 2. The molecule has 0 rings (SSSR count). The van der Waals surface area contributed by atoms with E-state index in [-0.39, 0.29) is 64.6 Å². The van der Waals surface area contributed by atoms with Gasteiger partial charge in [-0.3, -0.25) is 19.9 Å². The van der Waals surface area contributed by atoms with Gasteiger partial charge in [-0.1, -0.05) is 0 Å². The first-order valence-corrected chi connectivity index (χ1v) is 9.37. The molecule has 2 atom stereocenters. The molecule has 0 spiro atoms. The standard InChI is InChI=1S/2C4H10N3O5P.2Na.H2O/c2*1-7(4(5)6)2(3(8)9)13(10,11)12;;;/h2*2H,1H3,(H3,5,6)(H,8,9)(H2,10,11,12);;;1H2/q;;2*+1;/p-2. The van der Waals surface area contributed by atoms with Crippen molar-refractivity contribution in [2.45, 2.75) is 11.6 Å². The summed E-state index contributed by atoms with van der Waals surface area (Å²) in [7, 11) is -7.85. The van der Waals surface area contributed by atoms with Gasteiger partial charge in [0.15, 0.2) is 23.5 Å². The Morgan fingerprint density at radius 1 is 0.828 bits per heavy atom. The maximum Gasteiger partial charge on any atom is 1.00 e. The van der Waals surface area contributed by atoms with Crippen molar-refractivity contribution < 1.29 is 113 Å². The van der Waals surface area contributed by atoms with Crippen molar-refractivity contribution in [1.29, 1.82) is 10.8 Å². The van der Waals surface area contributed by atoms with E-state index >= 15 is 0 Å². The Morgan fingerprint density at radius 2 is 1.00 bits per heavy atom. The monoisotopic (exact) mass is 484 g/mol. The molecule has 0 amide bonds. The molecule has 2 unspecified atom stereocenters. The number of carbonyl (C=O) groups is 2. The summed E-state index contributed by atoms with van der Waals surface area (Å²) < 4.78 is 21.2. The quantitative estimate of drug-likeness (QED) is 0.0751. The first kappa shape index (κ1) is 39.2. The Labute approximate surface area is 208 Å². The number of rotatable bonds is 6. The molecule has 12 N–H and O–H groups in total. The minimum absolute atomic E-state index is 0. The van der Waals surface area contributed by atoms with Crippen LogP contribution in [0.15, 0.2) is 0 Å². The maximum absolute atomic E-state index is 10.6. The molecule has 0 fully saturated rings. The molecule has 17 nitrogen and oxygen atoms in total. The van der Waals surface area contributed by atoms with Gasteiger partial charge >= 0.3 is 74.3 Å². The van der Waals surface area contributed by atoms with Crippen LogP contribution in [-0.4, -0.2) is 84.4 Å². The molecular weight excluding hydrogens is 464 g/mol. The number of guanidine groups is 2. The number of nitrogens with one attached hydrogen (secondary N) is 2. The Kier molecular flexibility index (Phi) is 21.0. The van der Waals surface area contributed by atoms with E-state index in [0.29, 0.717) is 9.80 Å². The molecule has 0 heterocycles. The number of hydrogen-bond donors (Lipinski definition) is 8. The van der Waals surface area contributed by atoms with Gasteiger partial charge in [0.2, 0.25) is 0 Å². The molecule has 21 heteroatoms. The van der Waals surface area contributed by atoms with Crippen LogP contribution in [0.3, 0.4) is 0 Å². The average molecular weight is 484 g/mol. The van der Waals surface area contributed by atoms with Crippen LogP contribution >= 0.6 is 15.2 Å². The summed E-state index contributed by atoms with van der Waals surface area (Å²) in [5.41, 5.74) is 9.69. The van der Waals surface area contributed by atoms with Crippen LogP contribution in [0.4, 0.5) is 0 Å². The van der Waals surface area contributed by atoms with Gasteiger partial charge in [0.1, 0.15) is 0 Å². The molecule has 0 aliphatic heterocycles. The minimum atomic E-state index is -4.90. The van der Waals surface area contributed by atoms with Gasteiger partial charge in [-0.15, -0.1) is 0 Å². The number of hydrogen-bond acceptors (Lipinski definition) is 8. The number of likely N-dealkylation sites (N-methyl/N-ethyl adjacent to an activating group) is 2. The minimum Gasteiger partial charge on any atom is -0.547 e. The van der Waals surface area contributed by atoms with Crippen LogP contribution < -0.4 is 80.8 Å². The van der Waals surface area contributed by atoms with Crippen molar-refractivity contribution in [3.8, 4) is 0 Å². The van der Waals surface area contributed by atoms with Crippen molar-refractivity contribution in [2.75, 3.05) is 14.1 Å². The number of carbonyl (C=O) groups excluding carboxylic acids is 2. The van der Waals surface area contributed by atoms with E-state index in [0.717, 1.165) is 14.1 Å². The number of nitrogens with two attached hydrogens (primary N) is 2. The van der Waals surface area contributed by atoms with E-state index in [1.807, 2.05) is 0 Å². The van der Waals surface area contributed by atoms with Crippen molar-refractivity contribution in [2.24, 2.45) is 11.5 Å². The summed E-state index contributed by atoms with van der Waals surface area (Å²) in [4.78, 5) is 55.7. The molecule has 0 aromatic rings. The zero-order valence-corrected chi connectivity index (χ0v) is 21.6. The Bertz CT molecular complexity index is 614. The molecule has 0 saturated heterocycles. The maximum atomic E-state index is 10.6. The molecule has 0 aromatic heterocycles. The number of carboxylic acids is 2. The average Bonchev–Trinajstić information content (AvgIpc) is 2.34. The van der Waals surface area contributed by atoms with Crippen molar-refractivity contribution in [1.82, 2.24) is 9.80 Å². The first-order chi connectivity index (χ1) is 11.4. The summed E-state index contributed by atoms with van der Waals surface area (Å²) in [6, 6.07) is 0. The molecule has 29 heavy (non-hydrogen) atoms. The van der Waals surface area contributed by atoms with Crippen LogP contribution in [0.2, 0.25) is 0 Å². The van der Waals surface area contributed by atoms with Crippen LogP contribution in [0.25, 0.3) is 0 Å². The van der Waals surface area contributed by atoms with Crippen LogP contribution in [-0.2, 0) is 18.7 Å². The third-order valence-corrected chi connectivity index (χ3v) is 4.94. The van der Waals surface area contributed by atoms with E-state index in [9.17, 15) is 28.9 Å². The summed E-state index contributed by atoms with van der Waals surface area (Å²) in [5, 5.41) is 34.1.